The lowest BCUT2D eigenvalue weighted by Gasteiger charge is -2.08. The molecule has 0 saturated carbocycles. The van der Waals surface area contributed by atoms with Gasteiger partial charge in [-0.15, -0.1) is 0 Å². The molecule has 0 aliphatic rings. The quantitative estimate of drug-likeness (QED) is 0.865. The maximum absolute atomic E-state index is 12.0. The molecular formula is C14H17N3O3. The fraction of sp³-hybridized carbons (Fsp3) is 0.357. The molecule has 20 heavy (non-hydrogen) atoms. The number of fused-ring (bicyclic) bond motifs is 1. The summed E-state index contributed by atoms with van der Waals surface area (Å²) in [6.07, 6.45) is 1.71. The second kappa shape index (κ2) is 5.73. The van der Waals surface area contributed by atoms with Crippen LogP contribution in [0.3, 0.4) is 0 Å². The molecule has 2 aromatic rings. The Balaban J connectivity index is 2.04. The Morgan fingerprint density at radius 1 is 1.45 bits per heavy atom. The molecule has 1 amide bonds. The van der Waals surface area contributed by atoms with Crippen LogP contribution in [0.1, 0.15) is 29.5 Å². The molecule has 106 valence electrons. The van der Waals surface area contributed by atoms with Gasteiger partial charge in [0.25, 0.3) is 5.91 Å². The van der Waals surface area contributed by atoms with Crippen LogP contribution >= 0.6 is 0 Å². The van der Waals surface area contributed by atoms with Crippen LogP contribution in [-0.2, 0) is 4.79 Å². The Kier molecular flexibility index (Phi) is 4.02. The van der Waals surface area contributed by atoms with Gasteiger partial charge >= 0.3 is 5.97 Å². The summed E-state index contributed by atoms with van der Waals surface area (Å²) in [6.45, 7) is 4.03. The fourth-order valence-electron chi connectivity index (χ4n) is 1.99. The van der Waals surface area contributed by atoms with Gasteiger partial charge in [-0.3, -0.25) is 9.59 Å². The highest BCUT2D eigenvalue weighted by Crippen LogP contribution is 2.08. The Labute approximate surface area is 116 Å². The first-order valence-corrected chi connectivity index (χ1v) is 6.42. The lowest BCUT2D eigenvalue weighted by molar-refractivity contribution is -0.137. The molecule has 2 heterocycles. The van der Waals surface area contributed by atoms with E-state index in [-0.39, 0.29) is 18.2 Å². The molecule has 2 rings (SSSR count). The van der Waals surface area contributed by atoms with Crippen molar-refractivity contribution in [2.24, 2.45) is 5.92 Å². The van der Waals surface area contributed by atoms with Gasteiger partial charge in [0.2, 0.25) is 0 Å². The van der Waals surface area contributed by atoms with E-state index in [1.807, 2.05) is 29.5 Å². The van der Waals surface area contributed by atoms with Gasteiger partial charge in [-0.2, -0.15) is 0 Å². The third kappa shape index (κ3) is 3.14. The highest BCUT2D eigenvalue weighted by molar-refractivity contribution is 5.92. The normalized spacial score (nSPS) is 12.3. The highest BCUT2D eigenvalue weighted by Gasteiger charge is 2.13. The minimum Gasteiger partial charge on any atom is -0.481 e. The van der Waals surface area contributed by atoms with Gasteiger partial charge in [-0.25, -0.2) is 4.98 Å². The summed E-state index contributed by atoms with van der Waals surface area (Å²) < 4.78 is 1.84. The Hall–Kier alpha value is -2.37. The summed E-state index contributed by atoms with van der Waals surface area (Å²) in [5.41, 5.74) is 2.05. The molecule has 6 heteroatoms. The highest BCUT2D eigenvalue weighted by atomic mass is 16.4. The van der Waals surface area contributed by atoms with Crippen LogP contribution in [0, 0.1) is 12.8 Å². The number of carbonyl (C=O) groups is 2. The van der Waals surface area contributed by atoms with Crippen LogP contribution in [-0.4, -0.2) is 32.9 Å². The number of hydrogen-bond acceptors (Lipinski definition) is 3. The van der Waals surface area contributed by atoms with Gasteiger partial charge in [0, 0.05) is 24.9 Å². The van der Waals surface area contributed by atoms with Gasteiger partial charge in [-0.05, 0) is 25.0 Å². The number of aryl methyl sites for hydroxylation is 1. The van der Waals surface area contributed by atoms with E-state index in [1.165, 1.54) is 0 Å². The molecule has 0 bridgehead atoms. The molecule has 2 N–H and O–H groups in total. The van der Waals surface area contributed by atoms with Crippen molar-refractivity contribution in [1.82, 2.24) is 14.7 Å². The zero-order valence-corrected chi connectivity index (χ0v) is 11.5. The summed E-state index contributed by atoms with van der Waals surface area (Å²) in [7, 11) is 0. The van der Waals surface area contributed by atoms with Crippen molar-refractivity contribution in [3.8, 4) is 0 Å². The number of imidazole rings is 1. The third-order valence-electron chi connectivity index (χ3n) is 3.06. The molecule has 0 fully saturated rings. The maximum Gasteiger partial charge on any atom is 0.303 e. The van der Waals surface area contributed by atoms with Crippen molar-refractivity contribution >= 4 is 17.5 Å². The van der Waals surface area contributed by atoms with Crippen LogP contribution in [0.2, 0.25) is 0 Å². The summed E-state index contributed by atoms with van der Waals surface area (Å²) >= 11 is 0. The minimum atomic E-state index is -0.866. The van der Waals surface area contributed by atoms with E-state index in [0.29, 0.717) is 17.9 Å². The minimum absolute atomic E-state index is 0.0323. The number of amides is 1. The van der Waals surface area contributed by atoms with Crippen molar-refractivity contribution < 1.29 is 14.7 Å². The summed E-state index contributed by atoms with van der Waals surface area (Å²) in [5.74, 6) is -1.27. The SMILES string of the molecule is Cc1cccc2nc(C(=O)NCC(C)CC(=O)O)cn12. The van der Waals surface area contributed by atoms with Gasteiger partial charge in [-0.1, -0.05) is 13.0 Å². The lowest BCUT2D eigenvalue weighted by atomic mass is 10.1. The van der Waals surface area contributed by atoms with Gasteiger partial charge in [0.15, 0.2) is 0 Å². The lowest BCUT2D eigenvalue weighted by Crippen LogP contribution is -2.29. The van der Waals surface area contributed by atoms with Crippen LogP contribution in [0.15, 0.2) is 24.4 Å². The van der Waals surface area contributed by atoms with Crippen LogP contribution in [0.4, 0.5) is 0 Å². The second-order valence-electron chi connectivity index (χ2n) is 4.93. The zero-order valence-electron chi connectivity index (χ0n) is 11.5. The average Bonchev–Trinajstić information content (AvgIpc) is 2.80. The molecule has 0 saturated heterocycles. The number of rotatable bonds is 5. The maximum atomic E-state index is 12.0. The average molecular weight is 275 g/mol. The summed E-state index contributed by atoms with van der Waals surface area (Å²) in [4.78, 5) is 26.8. The third-order valence-corrected chi connectivity index (χ3v) is 3.06. The standard InChI is InChI=1S/C14H17N3O3/c1-9(6-13(18)19)7-15-14(20)11-8-17-10(2)4-3-5-12(17)16-11/h3-5,8-9H,6-7H2,1-2H3,(H,15,20)(H,18,19). The van der Waals surface area contributed by atoms with Crippen molar-refractivity contribution in [2.75, 3.05) is 6.54 Å². The van der Waals surface area contributed by atoms with Crippen LogP contribution in [0.5, 0.6) is 0 Å². The van der Waals surface area contributed by atoms with Crippen molar-refractivity contribution in [3.05, 3.63) is 35.8 Å². The molecule has 0 aliphatic carbocycles. The second-order valence-corrected chi connectivity index (χ2v) is 4.93. The molecule has 0 spiro atoms. The number of carbonyl (C=O) groups excluding carboxylic acids is 1. The van der Waals surface area contributed by atoms with Gasteiger partial charge in [0.05, 0.1) is 0 Å². The Morgan fingerprint density at radius 3 is 2.85 bits per heavy atom. The molecule has 1 atom stereocenters. The Morgan fingerprint density at radius 2 is 2.20 bits per heavy atom. The topological polar surface area (TPSA) is 83.7 Å². The zero-order chi connectivity index (χ0) is 14.7. The van der Waals surface area contributed by atoms with Crippen molar-refractivity contribution in [1.29, 1.82) is 0 Å². The van der Waals surface area contributed by atoms with Crippen molar-refractivity contribution in [3.63, 3.8) is 0 Å². The molecule has 0 radical (unpaired) electrons. The fourth-order valence-corrected chi connectivity index (χ4v) is 1.99. The number of pyridine rings is 1. The molecule has 0 aliphatic heterocycles. The summed E-state index contributed by atoms with van der Waals surface area (Å²) in [6, 6.07) is 5.65. The predicted molar refractivity (Wildman–Crippen MR) is 73.7 cm³/mol. The van der Waals surface area contributed by atoms with E-state index in [1.54, 1.807) is 13.1 Å². The molecule has 0 aromatic carbocycles. The van der Waals surface area contributed by atoms with E-state index in [4.69, 9.17) is 5.11 Å². The van der Waals surface area contributed by atoms with Gasteiger partial charge < -0.3 is 14.8 Å². The van der Waals surface area contributed by atoms with Gasteiger partial charge in [0.1, 0.15) is 11.3 Å². The van der Waals surface area contributed by atoms with E-state index in [9.17, 15) is 9.59 Å². The number of nitrogens with zero attached hydrogens (tertiary/aromatic N) is 2. The number of hydrogen-bond donors (Lipinski definition) is 2. The van der Waals surface area contributed by atoms with E-state index in [0.717, 1.165) is 5.69 Å². The molecule has 6 nitrogen and oxygen atoms in total. The first kappa shape index (κ1) is 14.0. The van der Waals surface area contributed by atoms with E-state index >= 15 is 0 Å². The van der Waals surface area contributed by atoms with E-state index in [2.05, 4.69) is 10.3 Å². The number of aromatic nitrogens is 2. The van der Waals surface area contributed by atoms with E-state index < -0.39 is 5.97 Å². The summed E-state index contributed by atoms with van der Waals surface area (Å²) in [5, 5.41) is 11.4. The first-order valence-electron chi connectivity index (χ1n) is 6.42. The first-order chi connectivity index (χ1) is 9.47. The molecule has 1 unspecified atom stereocenters. The largest absolute Gasteiger partial charge is 0.481 e. The molecule has 2 aromatic heterocycles. The monoisotopic (exact) mass is 275 g/mol. The number of carboxylic acids is 1. The van der Waals surface area contributed by atoms with Crippen LogP contribution in [0.25, 0.3) is 5.65 Å². The predicted octanol–water partition coefficient (Wildman–Crippen LogP) is 1.48. The molecular weight excluding hydrogens is 258 g/mol. The number of carboxylic acid groups (broad SMARTS) is 1. The Bertz CT molecular complexity index is 648. The van der Waals surface area contributed by atoms with Crippen molar-refractivity contribution in [2.45, 2.75) is 20.3 Å². The smallest absolute Gasteiger partial charge is 0.303 e. The number of aliphatic carboxylic acids is 1. The van der Waals surface area contributed by atoms with Crippen LogP contribution < -0.4 is 5.32 Å². The number of nitrogens with one attached hydrogen (secondary N) is 1.